The van der Waals surface area contributed by atoms with Crippen molar-refractivity contribution < 1.29 is 19.1 Å². The van der Waals surface area contributed by atoms with Crippen LogP contribution in [0.25, 0.3) is 0 Å². The number of anilines is 1. The number of nitrogens with zero attached hydrogens (tertiary/aromatic N) is 1. The molecule has 0 aromatic heterocycles. The molecule has 22 heavy (non-hydrogen) atoms. The molecule has 1 aromatic carbocycles. The molecule has 6 heteroatoms. The Labute approximate surface area is 130 Å². The molecule has 0 saturated heterocycles. The SMILES string of the molecule is C=CC(=O)Nc1ccccc1C(=O)N(CCOC)CCOC. The fourth-order valence-electron chi connectivity index (χ4n) is 1.85. The van der Waals surface area contributed by atoms with Crippen molar-refractivity contribution in [2.24, 2.45) is 0 Å². The van der Waals surface area contributed by atoms with E-state index in [0.717, 1.165) is 6.08 Å². The monoisotopic (exact) mass is 306 g/mol. The highest BCUT2D eigenvalue weighted by Crippen LogP contribution is 2.17. The summed E-state index contributed by atoms with van der Waals surface area (Å²) in [6.45, 7) is 5.16. The third-order valence-corrected chi connectivity index (χ3v) is 3.02. The number of para-hydroxylation sites is 1. The lowest BCUT2D eigenvalue weighted by atomic mass is 10.1. The number of methoxy groups -OCH3 is 2. The summed E-state index contributed by atoms with van der Waals surface area (Å²) >= 11 is 0. The maximum absolute atomic E-state index is 12.7. The highest BCUT2D eigenvalue weighted by Gasteiger charge is 2.18. The van der Waals surface area contributed by atoms with Gasteiger partial charge in [0, 0.05) is 27.3 Å². The van der Waals surface area contributed by atoms with Gasteiger partial charge in [-0.2, -0.15) is 0 Å². The lowest BCUT2D eigenvalue weighted by molar-refractivity contribution is -0.111. The predicted octanol–water partition coefficient (Wildman–Crippen LogP) is 1.55. The van der Waals surface area contributed by atoms with Crippen LogP contribution in [-0.4, -0.2) is 57.2 Å². The molecular weight excluding hydrogens is 284 g/mol. The molecule has 120 valence electrons. The number of rotatable bonds is 9. The fourth-order valence-corrected chi connectivity index (χ4v) is 1.85. The Morgan fingerprint density at radius 2 is 1.77 bits per heavy atom. The molecule has 0 radical (unpaired) electrons. The standard InChI is InChI=1S/C16H22N2O4/c1-4-15(19)17-14-8-6-5-7-13(14)16(20)18(9-11-21-2)10-12-22-3/h4-8H,1,9-12H2,2-3H3,(H,17,19). The van der Waals surface area contributed by atoms with Gasteiger partial charge in [0.05, 0.1) is 24.5 Å². The molecule has 0 aliphatic rings. The minimum atomic E-state index is -0.361. The summed E-state index contributed by atoms with van der Waals surface area (Å²) in [4.78, 5) is 25.8. The number of hydrogen-bond acceptors (Lipinski definition) is 4. The molecule has 0 aliphatic carbocycles. The maximum Gasteiger partial charge on any atom is 0.256 e. The molecule has 0 heterocycles. The Morgan fingerprint density at radius 1 is 1.18 bits per heavy atom. The summed E-state index contributed by atoms with van der Waals surface area (Å²) in [5, 5.41) is 2.64. The number of carbonyl (C=O) groups excluding carboxylic acids is 2. The van der Waals surface area contributed by atoms with E-state index >= 15 is 0 Å². The molecule has 1 aromatic rings. The number of carbonyl (C=O) groups is 2. The second-order valence-electron chi connectivity index (χ2n) is 4.52. The molecule has 1 N–H and O–H groups in total. The van der Waals surface area contributed by atoms with Gasteiger partial charge in [-0.05, 0) is 18.2 Å². The molecule has 0 aliphatic heterocycles. The second-order valence-corrected chi connectivity index (χ2v) is 4.52. The van der Waals surface area contributed by atoms with E-state index in [1.165, 1.54) is 0 Å². The van der Waals surface area contributed by atoms with Crippen molar-refractivity contribution in [2.45, 2.75) is 0 Å². The molecule has 0 unspecified atom stereocenters. The van der Waals surface area contributed by atoms with E-state index in [-0.39, 0.29) is 11.8 Å². The van der Waals surface area contributed by atoms with Crippen LogP contribution in [0, 0.1) is 0 Å². The number of ether oxygens (including phenoxy) is 2. The average molecular weight is 306 g/mol. The molecule has 0 saturated carbocycles. The number of benzene rings is 1. The van der Waals surface area contributed by atoms with Gasteiger partial charge in [-0.1, -0.05) is 18.7 Å². The zero-order chi connectivity index (χ0) is 16.4. The number of nitrogens with one attached hydrogen (secondary N) is 1. The zero-order valence-electron chi connectivity index (χ0n) is 13.0. The smallest absolute Gasteiger partial charge is 0.256 e. The summed E-state index contributed by atoms with van der Waals surface area (Å²) in [5.74, 6) is -0.547. The first kappa shape index (κ1) is 17.9. The molecule has 1 rings (SSSR count). The molecule has 0 fully saturated rings. The van der Waals surface area contributed by atoms with Crippen molar-refractivity contribution in [2.75, 3.05) is 45.8 Å². The van der Waals surface area contributed by atoms with E-state index in [9.17, 15) is 9.59 Å². The molecule has 6 nitrogen and oxygen atoms in total. The summed E-state index contributed by atoms with van der Waals surface area (Å²) in [7, 11) is 3.16. The van der Waals surface area contributed by atoms with Crippen LogP contribution in [0.2, 0.25) is 0 Å². The first-order valence-corrected chi connectivity index (χ1v) is 6.93. The third kappa shape index (κ3) is 5.31. The highest BCUT2D eigenvalue weighted by atomic mass is 16.5. The van der Waals surface area contributed by atoms with Gasteiger partial charge in [0.15, 0.2) is 0 Å². The van der Waals surface area contributed by atoms with Crippen molar-refractivity contribution in [1.29, 1.82) is 0 Å². The number of hydrogen-bond donors (Lipinski definition) is 1. The largest absolute Gasteiger partial charge is 0.383 e. The highest BCUT2D eigenvalue weighted by molar-refractivity contribution is 6.06. The zero-order valence-corrected chi connectivity index (χ0v) is 13.0. The van der Waals surface area contributed by atoms with Crippen LogP contribution in [-0.2, 0) is 14.3 Å². The Morgan fingerprint density at radius 3 is 2.32 bits per heavy atom. The van der Waals surface area contributed by atoms with Gasteiger partial charge < -0.3 is 19.7 Å². The minimum absolute atomic E-state index is 0.186. The van der Waals surface area contributed by atoms with E-state index in [2.05, 4.69) is 11.9 Å². The van der Waals surface area contributed by atoms with Crippen LogP contribution in [0.15, 0.2) is 36.9 Å². The van der Waals surface area contributed by atoms with Gasteiger partial charge in [-0.15, -0.1) is 0 Å². The molecule has 0 bridgehead atoms. The molecular formula is C16H22N2O4. The van der Waals surface area contributed by atoms with Crippen molar-refractivity contribution in [3.8, 4) is 0 Å². The Kier molecular flexibility index (Phi) is 7.88. The van der Waals surface area contributed by atoms with E-state index in [1.54, 1.807) is 43.4 Å². The lowest BCUT2D eigenvalue weighted by Crippen LogP contribution is -2.37. The summed E-state index contributed by atoms with van der Waals surface area (Å²) in [6, 6.07) is 6.86. The summed E-state index contributed by atoms with van der Waals surface area (Å²) in [5.41, 5.74) is 0.877. The van der Waals surface area contributed by atoms with E-state index in [1.807, 2.05) is 0 Å². The van der Waals surface area contributed by atoms with Gasteiger partial charge in [0.25, 0.3) is 5.91 Å². The first-order chi connectivity index (χ1) is 10.6. The van der Waals surface area contributed by atoms with Gasteiger partial charge in [0.1, 0.15) is 0 Å². The van der Waals surface area contributed by atoms with Crippen LogP contribution in [0.1, 0.15) is 10.4 Å². The van der Waals surface area contributed by atoms with Gasteiger partial charge in [-0.3, -0.25) is 9.59 Å². The third-order valence-electron chi connectivity index (χ3n) is 3.02. The van der Waals surface area contributed by atoms with Crippen molar-refractivity contribution in [3.05, 3.63) is 42.5 Å². The predicted molar refractivity (Wildman–Crippen MR) is 84.9 cm³/mol. The average Bonchev–Trinajstić information content (AvgIpc) is 2.55. The van der Waals surface area contributed by atoms with E-state index in [0.29, 0.717) is 37.6 Å². The van der Waals surface area contributed by atoms with Crippen LogP contribution < -0.4 is 5.32 Å². The molecule has 2 amide bonds. The first-order valence-electron chi connectivity index (χ1n) is 6.93. The number of amides is 2. The quantitative estimate of drug-likeness (QED) is 0.703. The minimum Gasteiger partial charge on any atom is -0.383 e. The van der Waals surface area contributed by atoms with E-state index < -0.39 is 0 Å². The van der Waals surface area contributed by atoms with Gasteiger partial charge >= 0.3 is 0 Å². The van der Waals surface area contributed by atoms with Crippen LogP contribution in [0.5, 0.6) is 0 Å². The maximum atomic E-state index is 12.7. The van der Waals surface area contributed by atoms with E-state index in [4.69, 9.17) is 9.47 Å². The normalized spacial score (nSPS) is 10.1. The van der Waals surface area contributed by atoms with Crippen LogP contribution >= 0.6 is 0 Å². The summed E-state index contributed by atoms with van der Waals surface area (Å²) < 4.78 is 10.1. The summed E-state index contributed by atoms with van der Waals surface area (Å²) in [6.07, 6.45) is 1.16. The van der Waals surface area contributed by atoms with Gasteiger partial charge in [-0.25, -0.2) is 0 Å². The second kappa shape index (κ2) is 9.70. The lowest BCUT2D eigenvalue weighted by Gasteiger charge is -2.23. The van der Waals surface area contributed by atoms with Crippen LogP contribution in [0.4, 0.5) is 5.69 Å². The topological polar surface area (TPSA) is 67.9 Å². The van der Waals surface area contributed by atoms with Crippen molar-refractivity contribution >= 4 is 17.5 Å². The fraction of sp³-hybridized carbons (Fsp3) is 0.375. The molecule has 0 spiro atoms. The van der Waals surface area contributed by atoms with Gasteiger partial charge in [0.2, 0.25) is 5.91 Å². The Bertz CT molecular complexity index is 509. The molecule has 0 atom stereocenters. The Balaban J connectivity index is 2.96. The van der Waals surface area contributed by atoms with Crippen LogP contribution in [0.3, 0.4) is 0 Å². The van der Waals surface area contributed by atoms with Crippen molar-refractivity contribution in [1.82, 2.24) is 4.90 Å². The van der Waals surface area contributed by atoms with Crippen molar-refractivity contribution in [3.63, 3.8) is 0 Å². The Hall–Kier alpha value is -2.18.